The van der Waals surface area contributed by atoms with E-state index in [9.17, 15) is 4.79 Å². The van der Waals surface area contributed by atoms with Crippen molar-refractivity contribution in [2.45, 2.75) is 26.4 Å². The van der Waals surface area contributed by atoms with Gasteiger partial charge in [0.05, 0.1) is 18.4 Å². The van der Waals surface area contributed by atoms with Crippen LogP contribution in [0.5, 0.6) is 0 Å². The minimum atomic E-state index is -0.502. The van der Waals surface area contributed by atoms with Gasteiger partial charge < -0.3 is 14.0 Å². The Labute approximate surface area is 113 Å². The highest BCUT2D eigenvalue weighted by Crippen LogP contribution is 2.29. The second-order valence-corrected chi connectivity index (χ2v) is 5.06. The Hall–Kier alpha value is -1.75. The number of esters is 1. The highest BCUT2D eigenvalue weighted by atomic mass is 16.7. The molecule has 5 heteroatoms. The average molecular weight is 260 g/mol. The van der Waals surface area contributed by atoms with E-state index in [1.807, 2.05) is 26.8 Å². The number of aryl methyl sites for hydroxylation is 1. The normalized spacial score (nSPS) is 17.3. The molecule has 0 unspecified atom stereocenters. The molecule has 1 saturated heterocycles. The second kappa shape index (κ2) is 4.74. The van der Waals surface area contributed by atoms with Crippen LogP contribution in [0.15, 0.2) is 30.5 Å². The Morgan fingerprint density at radius 3 is 2.58 bits per heavy atom. The molecule has 1 heterocycles. The van der Waals surface area contributed by atoms with Gasteiger partial charge in [0.15, 0.2) is 0 Å². The summed E-state index contributed by atoms with van der Waals surface area (Å²) in [6, 6.07) is 5.29. The van der Waals surface area contributed by atoms with Crippen molar-refractivity contribution < 1.29 is 18.8 Å². The number of ether oxygens (including phenoxy) is 1. The van der Waals surface area contributed by atoms with Gasteiger partial charge in [-0.3, -0.25) is 0 Å². The van der Waals surface area contributed by atoms with Crippen molar-refractivity contribution in [3.8, 4) is 0 Å². The first-order valence-electron chi connectivity index (χ1n) is 6.08. The summed E-state index contributed by atoms with van der Waals surface area (Å²) in [4.78, 5) is 11.5. The summed E-state index contributed by atoms with van der Waals surface area (Å²) in [7, 11) is 0.885. The van der Waals surface area contributed by atoms with Gasteiger partial charge in [-0.05, 0) is 43.9 Å². The van der Waals surface area contributed by atoms with Crippen LogP contribution in [0.4, 0.5) is 0 Å². The quantitative estimate of drug-likeness (QED) is 0.601. The number of hydrogen-bond donors (Lipinski definition) is 0. The number of rotatable bonds is 2. The number of hydrogen-bond acceptors (Lipinski definition) is 4. The van der Waals surface area contributed by atoms with Gasteiger partial charge in [0.2, 0.25) is 0 Å². The van der Waals surface area contributed by atoms with E-state index < -0.39 is 12.7 Å². The first-order valence-corrected chi connectivity index (χ1v) is 6.08. The Morgan fingerprint density at radius 1 is 1.42 bits per heavy atom. The number of methoxy groups -OCH3 is 1. The molecule has 0 aliphatic carbocycles. The molecule has 0 spiro atoms. The van der Waals surface area contributed by atoms with E-state index in [0.717, 1.165) is 11.0 Å². The van der Waals surface area contributed by atoms with Crippen LogP contribution in [0.3, 0.4) is 0 Å². The number of carbonyl (C=O) groups excluding carboxylic acids is 1. The third-order valence-electron chi connectivity index (χ3n) is 3.27. The zero-order valence-electron chi connectivity index (χ0n) is 11.6. The van der Waals surface area contributed by atoms with Crippen molar-refractivity contribution in [3.63, 3.8) is 0 Å². The SMILES string of the molecule is C=C1OB(c2ccc(C(=O)OC)cc2C)OC1(C)C. The molecule has 0 aromatic heterocycles. The molecule has 1 aromatic carbocycles. The maximum atomic E-state index is 11.5. The molecule has 100 valence electrons. The maximum absolute atomic E-state index is 11.5. The summed E-state index contributed by atoms with van der Waals surface area (Å²) >= 11 is 0. The van der Waals surface area contributed by atoms with E-state index in [0.29, 0.717) is 11.3 Å². The smallest absolute Gasteiger partial charge is 0.534 e. The van der Waals surface area contributed by atoms with Crippen molar-refractivity contribution in [1.82, 2.24) is 0 Å². The largest absolute Gasteiger partial charge is 0.563 e. The Morgan fingerprint density at radius 2 is 2.11 bits per heavy atom. The molecule has 1 aliphatic rings. The number of carbonyl (C=O) groups is 1. The van der Waals surface area contributed by atoms with Crippen LogP contribution >= 0.6 is 0 Å². The Balaban J connectivity index is 2.28. The lowest BCUT2D eigenvalue weighted by Gasteiger charge is -2.15. The fourth-order valence-electron chi connectivity index (χ4n) is 1.94. The van der Waals surface area contributed by atoms with Gasteiger partial charge in [-0.15, -0.1) is 0 Å². The summed E-state index contributed by atoms with van der Waals surface area (Å²) in [5, 5.41) is 0. The summed E-state index contributed by atoms with van der Waals surface area (Å²) in [6.45, 7) is 9.58. The average Bonchev–Trinajstić information content (AvgIpc) is 2.62. The maximum Gasteiger partial charge on any atom is 0.563 e. The van der Waals surface area contributed by atoms with E-state index in [1.165, 1.54) is 7.11 Å². The molecular formula is C14H17BO4. The van der Waals surface area contributed by atoms with Gasteiger partial charge >= 0.3 is 13.1 Å². The van der Waals surface area contributed by atoms with Gasteiger partial charge in [0, 0.05) is 0 Å². The molecule has 0 bridgehead atoms. The van der Waals surface area contributed by atoms with Gasteiger partial charge in [0.25, 0.3) is 0 Å². The third-order valence-corrected chi connectivity index (χ3v) is 3.27. The van der Waals surface area contributed by atoms with Crippen LogP contribution in [0, 0.1) is 6.92 Å². The van der Waals surface area contributed by atoms with Gasteiger partial charge in [-0.1, -0.05) is 12.6 Å². The lowest BCUT2D eigenvalue weighted by molar-refractivity contribution is 0.0600. The van der Waals surface area contributed by atoms with Crippen LogP contribution in [-0.2, 0) is 14.0 Å². The van der Waals surface area contributed by atoms with Crippen LogP contribution < -0.4 is 5.46 Å². The summed E-state index contributed by atoms with van der Waals surface area (Å²) in [6.07, 6.45) is 0. The second-order valence-electron chi connectivity index (χ2n) is 5.06. The first-order chi connectivity index (χ1) is 8.85. The molecule has 1 aromatic rings. The first kappa shape index (κ1) is 13.7. The van der Waals surface area contributed by atoms with Crippen molar-refractivity contribution >= 4 is 18.6 Å². The molecule has 4 nitrogen and oxygen atoms in total. The van der Waals surface area contributed by atoms with Crippen molar-refractivity contribution in [2.24, 2.45) is 0 Å². The van der Waals surface area contributed by atoms with Crippen LogP contribution in [-0.4, -0.2) is 25.8 Å². The molecule has 0 radical (unpaired) electrons. The van der Waals surface area contributed by atoms with E-state index in [1.54, 1.807) is 12.1 Å². The van der Waals surface area contributed by atoms with Crippen molar-refractivity contribution in [3.05, 3.63) is 41.7 Å². The van der Waals surface area contributed by atoms with E-state index in [2.05, 4.69) is 6.58 Å². The zero-order chi connectivity index (χ0) is 14.2. The molecule has 2 rings (SSSR count). The van der Waals surface area contributed by atoms with Crippen molar-refractivity contribution in [2.75, 3.05) is 7.11 Å². The molecule has 0 atom stereocenters. The molecule has 1 aliphatic heterocycles. The molecule has 19 heavy (non-hydrogen) atoms. The predicted octanol–water partition coefficient (Wildman–Crippen LogP) is 1.82. The summed E-state index contributed by atoms with van der Waals surface area (Å²) in [5.74, 6) is 0.251. The Bertz CT molecular complexity index is 536. The zero-order valence-corrected chi connectivity index (χ0v) is 11.6. The lowest BCUT2D eigenvalue weighted by Crippen LogP contribution is -2.36. The summed E-state index contributed by atoms with van der Waals surface area (Å²) in [5.41, 5.74) is 1.82. The van der Waals surface area contributed by atoms with E-state index >= 15 is 0 Å². The Kier molecular flexibility index (Phi) is 3.41. The topological polar surface area (TPSA) is 44.8 Å². The van der Waals surface area contributed by atoms with E-state index in [4.69, 9.17) is 14.0 Å². The highest BCUT2D eigenvalue weighted by molar-refractivity contribution is 6.62. The highest BCUT2D eigenvalue weighted by Gasteiger charge is 2.43. The molecular weight excluding hydrogens is 243 g/mol. The fourth-order valence-corrected chi connectivity index (χ4v) is 1.94. The van der Waals surface area contributed by atoms with Crippen LogP contribution in [0.1, 0.15) is 29.8 Å². The van der Waals surface area contributed by atoms with Crippen LogP contribution in [0.2, 0.25) is 0 Å². The standard InChI is InChI=1S/C14H17BO4/c1-9-8-11(13(16)17-5)6-7-12(9)15-18-10(2)14(3,4)19-15/h6-8H,2H2,1,3-5H3. The van der Waals surface area contributed by atoms with Gasteiger partial charge in [-0.25, -0.2) is 4.79 Å². The fraction of sp³-hybridized carbons (Fsp3) is 0.357. The molecule has 0 N–H and O–H groups in total. The minimum absolute atomic E-state index is 0.354. The predicted molar refractivity (Wildman–Crippen MR) is 73.3 cm³/mol. The monoisotopic (exact) mass is 260 g/mol. The minimum Gasteiger partial charge on any atom is -0.534 e. The van der Waals surface area contributed by atoms with Gasteiger partial charge in [-0.2, -0.15) is 0 Å². The molecule has 1 fully saturated rings. The lowest BCUT2D eigenvalue weighted by atomic mass is 9.76. The number of benzene rings is 1. The van der Waals surface area contributed by atoms with Crippen molar-refractivity contribution in [1.29, 1.82) is 0 Å². The third kappa shape index (κ3) is 2.51. The van der Waals surface area contributed by atoms with Crippen LogP contribution in [0.25, 0.3) is 0 Å². The van der Waals surface area contributed by atoms with Gasteiger partial charge in [0.1, 0.15) is 5.60 Å². The summed E-state index contributed by atoms with van der Waals surface area (Å²) < 4.78 is 16.1. The molecule has 0 saturated carbocycles. The molecule has 0 amide bonds. The van der Waals surface area contributed by atoms with E-state index in [-0.39, 0.29) is 5.97 Å².